The molecule has 0 aromatic heterocycles. The topological polar surface area (TPSA) is 69.9 Å². The molecule has 4 nitrogen and oxygen atoms in total. The molecule has 5 atom stereocenters. The van der Waals surface area contributed by atoms with Gasteiger partial charge in [0.25, 0.3) is 0 Å². The van der Waals surface area contributed by atoms with Crippen molar-refractivity contribution in [3.8, 4) is 0 Å². The zero-order valence-electron chi connectivity index (χ0n) is 18.9. The first kappa shape index (κ1) is 22.4. The molecule has 4 aliphatic rings. The zero-order valence-corrected chi connectivity index (χ0v) is 19.7. The van der Waals surface area contributed by atoms with Gasteiger partial charge >= 0.3 is 0 Å². The number of hydrogen-bond donors (Lipinski definition) is 3. The maximum Gasteiger partial charge on any atom is 0.132 e. The maximum atomic E-state index is 10.6. The van der Waals surface area contributed by atoms with E-state index in [0.717, 1.165) is 17.9 Å². The van der Waals surface area contributed by atoms with Gasteiger partial charge in [0, 0.05) is 0 Å². The Labute approximate surface area is 195 Å². The quantitative estimate of drug-likeness (QED) is 0.630. The van der Waals surface area contributed by atoms with Gasteiger partial charge in [-0.05, 0) is 78.0 Å². The van der Waals surface area contributed by atoms with Gasteiger partial charge < -0.3 is 20.1 Å². The number of fused-ring (bicyclic) bond motifs is 2. The highest BCUT2D eigenvalue weighted by Gasteiger charge is 2.47. The summed E-state index contributed by atoms with van der Waals surface area (Å²) in [6.45, 7) is 2.10. The van der Waals surface area contributed by atoms with E-state index in [1.165, 1.54) is 66.1 Å². The maximum absolute atomic E-state index is 10.6. The second kappa shape index (κ2) is 8.77. The molecule has 2 aromatic rings. The third-order valence-corrected chi connectivity index (χ3v) is 8.95. The molecule has 2 aromatic carbocycles. The van der Waals surface area contributed by atoms with Gasteiger partial charge in [0.05, 0.1) is 0 Å². The van der Waals surface area contributed by atoms with Crippen molar-refractivity contribution in [3.05, 3.63) is 70.3 Å². The average Bonchev–Trinajstić information content (AvgIpc) is 2.80. The van der Waals surface area contributed by atoms with Crippen LogP contribution in [-0.4, -0.2) is 45.3 Å². The lowest BCUT2D eigenvalue weighted by Gasteiger charge is -2.53. The molecule has 32 heavy (non-hydrogen) atoms. The summed E-state index contributed by atoms with van der Waals surface area (Å²) in [5.41, 5.74) is 5.88. The third-order valence-electron chi connectivity index (χ3n) is 8.09. The van der Waals surface area contributed by atoms with E-state index in [4.69, 9.17) is 4.74 Å². The summed E-state index contributed by atoms with van der Waals surface area (Å²) in [6, 6.07) is 15.3. The lowest BCUT2D eigenvalue weighted by molar-refractivity contribution is -0.200. The van der Waals surface area contributed by atoms with Crippen LogP contribution < -0.4 is 0 Å². The fourth-order valence-corrected chi connectivity index (χ4v) is 6.81. The summed E-state index contributed by atoms with van der Waals surface area (Å²) in [7, 11) is 0. The van der Waals surface area contributed by atoms with E-state index in [1.807, 2.05) is 12.3 Å². The van der Waals surface area contributed by atoms with E-state index >= 15 is 0 Å². The molecule has 1 heterocycles. The Morgan fingerprint density at radius 1 is 1.00 bits per heavy atom. The summed E-state index contributed by atoms with van der Waals surface area (Å²) >= 11 is 1.34. The normalized spacial score (nSPS) is 36.5. The van der Waals surface area contributed by atoms with Crippen molar-refractivity contribution >= 4 is 11.8 Å². The number of aryl methyl sites for hydroxylation is 1. The SMILES string of the molecule is CS[C@H]1OC(c2ccc(C)c(Cc3ccc(C45CCCC(C4)C5)cc3)c2)[C@H](O)[C@@H](O)[C@@H]1O. The molecule has 4 fully saturated rings. The van der Waals surface area contributed by atoms with Crippen LogP contribution in [0.15, 0.2) is 42.5 Å². The zero-order chi connectivity index (χ0) is 22.5. The van der Waals surface area contributed by atoms with E-state index in [2.05, 4.69) is 43.3 Å². The van der Waals surface area contributed by atoms with E-state index in [-0.39, 0.29) is 0 Å². The Hall–Kier alpha value is -1.37. The van der Waals surface area contributed by atoms with Gasteiger partial charge in [-0.15, -0.1) is 11.8 Å². The Bertz CT molecular complexity index is 945. The summed E-state index contributed by atoms with van der Waals surface area (Å²) < 4.78 is 5.96. The molecule has 0 radical (unpaired) electrons. The van der Waals surface area contributed by atoms with Crippen LogP contribution >= 0.6 is 11.8 Å². The largest absolute Gasteiger partial charge is 0.387 e. The molecular formula is C27H34O4S. The predicted molar refractivity (Wildman–Crippen MR) is 128 cm³/mol. The van der Waals surface area contributed by atoms with Crippen LogP contribution in [-0.2, 0) is 16.6 Å². The molecule has 1 unspecified atom stereocenters. The number of rotatable bonds is 5. The average molecular weight is 455 g/mol. The molecule has 2 bridgehead atoms. The molecule has 3 saturated carbocycles. The molecule has 172 valence electrons. The van der Waals surface area contributed by atoms with Crippen LogP contribution in [0.1, 0.15) is 66.0 Å². The van der Waals surface area contributed by atoms with Gasteiger partial charge in [-0.3, -0.25) is 0 Å². The number of thioether (sulfide) groups is 1. The van der Waals surface area contributed by atoms with Gasteiger partial charge in [0.15, 0.2) is 0 Å². The van der Waals surface area contributed by atoms with Gasteiger partial charge in [-0.2, -0.15) is 0 Å². The summed E-state index contributed by atoms with van der Waals surface area (Å²) in [6.07, 6.45) is 5.36. The highest BCUT2D eigenvalue weighted by Crippen LogP contribution is 2.56. The van der Waals surface area contributed by atoms with Gasteiger partial charge in [-0.1, -0.05) is 55.3 Å². The van der Waals surface area contributed by atoms with Crippen molar-refractivity contribution in [1.82, 2.24) is 0 Å². The van der Waals surface area contributed by atoms with Gasteiger partial charge in [0.1, 0.15) is 29.9 Å². The summed E-state index contributed by atoms with van der Waals surface area (Å²) in [4.78, 5) is 0. The van der Waals surface area contributed by atoms with E-state index < -0.39 is 29.9 Å². The molecule has 3 N–H and O–H groups in total. The van der Waals surface area contributed by atoms with Crippen molar-refractivity contribution in [2.45, 2.75) is 80.7 Å². The number of benzene rings is 2. The van der Waals surface area contributed by atoms with Crippen LogP contribution in [0.25, 0.3) is 0 Å². The first-order valence-electron chi connectivity index (χ1n) is 11.8. The van der Waals surface area contributed by atoms with Crippen LogP contribution in [0, 0.1) is 12.8 Å². The lowest BCUT2D eigenvalue weighted by Crippen LogP contribution is -2.52. The molecular weight excluding hydrogens is 420 g/mol. The van der Waals surface area contributed by atoms with Crippen molar-refractivity contribution in [1.29, 1.82) is 0 Å². The molecule has 0 amide bonds. The first-order valence-corrected chi connectivity index (χ1v) is 13.1. The van der Waals surface area contributed by atoms with Crippen molar-refractivity contribution < 1.29 is 20.1 Å². The predicted octanol–water partition coefficient (Wildman–Crippen LogP) is 4.26. The molecule has 5 heteroatoms. The minimum atomic E-state index is -1.23. The Kier molecular flexibility index (Phi) is 6.14. The van der Waals surface area contributed by atoms with Crippen molar-refractivity contribution in [2.75, 3.05) is 6.26 Å². The number of aliphatic hydroxyl groups excluding tert-OH is 3. The van der Waals surface area contributed by atoms with Gasteiger partial charge in [-0.25, -0.2) is 0 Å². The third kappa shape index (κ3) is 3.92. The van der Waals surface area contributed by atoms with Crippen LogP contribution in [0.2, 0.25) is 0 Å². The first-order chi connectivity index (χ1) is 15.4. The molecule has 1 aliphatic heterocycles. The second-order valence-electron chi connectivity index (χ2n) is 10.1. The lowest BCUT2D eigenvalue weighted by atomic mass is 9.52. The van der Waals surface area contributed by atoms with Crippen molar-refractivity contribution in [3.63, 3.8) is 0 Å². The van der Waals surface area contributed by atoms with E-state index in [9.17, 15) is 15.3 Å². The van der Waals surface area contributed by atoms with Crippen LogP contribution in [0.4, 0.5) is 0 Å². The monoisotopic (exact) mass is 454 g/mol. The van der Waals surface area contributed by atoms with Crippen LogP contribution in [0.5, 0.6) is 0 Å². The smallest absolute Gasteiger partial charge is 0.132 e. The minimum absolute atomic E-state index is 0.449. The molecule has 6 rings (SSSR count). The molecule has 3 aliphatic carbocycles. The Morgan fingerprint density at radius 2 is 1.75 bits per heavy atom. The van der Waals surface area contributed by atoms with Gasteiger partial charge in [0.2, 0.25) is 0 Å². The highest BCUT2D eigenvalue weighted by atomic mass is 32.2. The van der Waals surface area contributed by atoms with Crippen LogP contribution in [0.3, 0.4) is 0 Å². The highest BCUT2D eigenvalue weighted by molar-refractivity contribution is 7.99. The van der Waals surface area contributed by atoms with Crippen molar-refractivity contribution in [2.24, 2.45) is 5.92 Å². The molecule has 0 spiro atoms. The summed E-state index contributed by atoms with van der Waals surface area (Å²) in [5, 5.41) is 31.0. The Morgan fingerprint density at radius 3 is 2.41 bits per heavy atom. The van der Waals surface area contributed by atoms with E-state index in [0.29, 0.717) is 5.41 Å². The standard InChI is InChI=1S/C27H34O4S/c1-16-5-8-19(25-23(29)22(28)24(30)26(31-25)32-2)13-20(16)12-17-6-9-21(10-7-17)27-11-3-4-18(14-27)15-27/h5-10,13,18,22-26,28-30H,3-4,11-12,14-15H2,1-2H3/t18?,22-,23-,24+,25?,26-,27?/m1/s1. The number of aliphatic hydroxyl groups is 3. The fourth-order valence-electron chi connectivity index (χ4n) is 6.14. The Balaban J connectivity index is 1.34. The second-order valence-corrected chi connectivity index (χ2v) is 11.1. The fraction of sp³-hybridized carbons (Fsp3) is 0.556. The minimum Gasteiger partial charge on any atom is -0.387 e. The molecule has 1 saturated heterocycles. The number of hydrogen-bond acceptors (Lipinski definition) is 5. The summed E-state index contributed by atoms with van der Waals surface area (Å²) in [5.74, 6) is 0.955. The van der Waals surface area contributed by atoms with E-state index in [1.54, 1.807) is 0 Å². The number of ether oxygens (including phenoxy) is 1.